The van der Waals surface area contributed by atoms with Gasteiger partial charge in [0.05, 0.1) is 11.6 Å². The number of aromatic nitrogens is 1. The predicted octanol–water partition coefficient (Wildman–Crippen LogP) is 1.94. The molecule has 0 fully saturated rings. The number of nitrogens with one attached hydrogen (secondary N) is 2. The number of hydroxylamine groups is 2. The molecule has 0 saturated heterocycles. The van der Waals surface area contributed by atoms with E-state index in [9.17, 15) is 20.2 Å². The number of aliphatic hydroxyl groups excluding tert-OH is 1. The van der Waals surface area contributed by atoms with Gasteiger partial charge in [-0.15, -0.1) is 0 Å². The molecule has 30 heavy (non-hydrogen) atoms. The highest BCUT2D eigenvalue weighted by atomic mass is 16.5. The van der Waals surface area contributed by atoms with Gasteiger partial charge in [-0.3, -0.25) is 4.79 Å². The smallest absolute Gasteiger partial charge is 0.248 e. The topological polar surface area (TPSA) is 101 Å². The van der Waals surface area contributed by atoms with Gasteiger partial charge in [-0.25, -0.2) is 0 Å². The molecule has 0 saturated carbocycles. The fourth-order valence-electron chi connectivity index (χ4n) is 4.68. The zero-order chi connectivity index (χ0) is 21.4. The summed E-state index contributed by atoms with van der Waals surface area (Å²) in [6.45, 7) is 4.33. The van der Waals surface area contributed by atoms with Crippen LogP contribution in [0, 0.1) is 5.21 Å². The summed E-state index contributed by atoms with van der Waals surface area (Å²) in [5.74, 6) is -0.0605. The lowest BCUT2D eigenvalue weighted by molar-refractivity contribution is -0.878. The second-order valence-electron chi connectivity index (χ2n) is 8.17. The molecule has 0 aliphatic heterocycles. The fourth-order valence-corrected chi connectivity index (χ4v) is 4.68. The number of aryl methyl sites for hydroxylation is 2. The molecule has 6 heteroatoms. The minimum Gasteiger partial charge on any atom is -0.634 e. The molecule has 0 amide bonds. The lowest BCUT2D eigenvalue weighted by atomic mass is 9.97. The van der Waals surface area contributed by atoms with Gasteiger partial charge in [-0.2, -0.15) is 0 Å². The van der Waals surface area contributed by atoms with Crippen molar-refractivity contribution in [3.8, 4) is 5.75 Å². The number of hydrogen-bond acceptors (Lipinski definition) is 4. The summed E-state index contributed by atoms with van der Waals surface area (Å²) in [6.07, 6.45) is 2.43. The summed E-state index contributed by atoms with van der Waals surface area (Å²) in [5, 5.41) is 34.4. The van der Waals surface area contributed by atoms with Crippen molar-refractivity contribution < 1.29 is 15.3 Å². The van der Waals surface area contributed by atoms with Crippen LogP contribution in [0.4, 0.5) is 0 Å². The summed E-state index contributed by atoms with van der Waals surface area (Å²) in [4.78, 5) is 14.2. The maximum Gasteiger partial charge on any atom is 0.248 e. The molecule has 6 nitrogen and oxygen atoms in total. The molecule has 1 aliphatic carbocycles. The molecular formula is C24H28N2O4. The number of aromatic hydroxyl groups is 1. The van der Waals surface area contributed by atoms with Crippen molar-refractivity contribution in [3.63, 3.8) is 0 Å². The van der Waals surface area contributed by atoms with Crippen LogP contribution in [0.3, 0.4) is 0 Å². The van der Waals surface area contributed by atoms with E-state index < -0.39 is 6.10 Å². The Labute approximate surface area is 175 Å². The summed E-state index contributed by atoms with van der Waals surface area (Å²) in [7, 11) is 0. The Hall–Kier alpha value is -2.67. The molecule has 1 heterocycles. The summed E-state index contributed by atoms with van der Waals surface area (Å²) < 4.78 is 0. The normalized spacial score (nSPS) is 16.0. The average Bonchev–Trinajstić information content (AvgIpc) is 3.16. The molecule has 0 bridgehead atoms. The van der Waals surface area contributed by atoms with E-state index in [4.69, 9.17) is 0 Å². The van der Waals surface area contributed by atoms with E-state index in [1.165, 1.54) is 34.4 Å². The number of phenols is 1. The van der Waals surface area contributed by atoms with Crippen molar-refractivity contribution in [2.45, 2.75) is 51.7 Å². The Bertz CT molecular complexity index is 1100. The molecule has 0 spiro atoms. The van der Waals surface area contributed by atoms with Crippen LogP contribution >= 0.6 is 0 Å². The first kappa shape index (κ1) is 20.6. The van der Waals surface area contributed by atoms with Gasteiger partial charge in [0, 0.05) is 24.3 Å². The Kier molecular flexibility index (Phi) is 5.64. The molecule has 1 aliphatic rings. The van der Waals surface area contributed by atoms with Crippen LogP contribution in [0.2, 0.25) is 0 Å². The molecule has 158 valence electrons. The molecule has 2 aromatic carbocycles. The number of aromatic amines is 1. The zero-order valence-electron chi connectivity index (χ0n) is 17.4. The van der Waals surface area contributed by atoms with Crippen molar-refractivity contribution >= 4 is 10.9 Å². The van der Waals surface area contributed by atoms with E-state index in [1.807, 2.05) is 0 Å². The van der Waals surface area contributed by atoms with Crippen LogP contribution in [0.15, 0.2) is 41.2 Å². The van der Waals surface area contributed by atoms with Gasteiger partial charge in [0.15, 0.2) is 0 Å². The van der Waals surface area contributed by atoms with Gasteiger partial charge < -0.3 is 25.5 Å². The number of quaternary nitrogens is 1. The zero-order valence-corrected chi connectivity index (χ0v) is 17.4. The number of aliphatic hydroxyl groups is 1. The van der Waals surface area contributed by atoms with Crippen LogP contribution in [0.5, 0.6) is 5.75 Å². The third-order valence-electron chi connectivity index (χ3n) is 6.33. The molecule has 3 aromatic rings. The van der Waals surface area contributed by atoms with Crippen LogP contribution in [0.25, 0.3) is 10.9 Å². The van der Waals surface area contributed by atoms with E-state index in [0.29, 0.717) is 10.9 Å². The first-order chi connectivity index (χ1) is 14.4. The predicted molar refractivity (Wildman–Crippen MR) is 117 cm³/mol. The van der Waals surface area contributed by atoms with Gasteiger partial charge in [0.2, 0.25) is 5.56 Å². The molecule has 4 rings (SSSR count). The van der Waals surface area contributed by atoms with Crippen molar-refractivity contribution in [2.75, 3.05) is 6.54 Å². The number of hydrogen-bond donors (Lipinski definition) is 4. The second kappa shape index (κ2) is 8.22. The van der Waals surface area contributed by atoms with Gasteiger partial charge >= 0.3 is 0 Å². The highest BCUT2D eigenvalue weighted by Gasteiger charge is 2.29. The fraction of sp³-hybridized carbons (Fsp3) is 0.375. The maximum absolute atomic E-state index is 13.0. The number of rotatable bonds is 6. The van der Waals surface area contributed by atoms with Crippen LogP contribution in [0.1, 0.15) is 47.8 Å². The SMILES string of the molecule is CCc1cc2c(cc1CC)CC([NH+]([O-])C[C@H](O)c1ccc(O)c3[nH]c(=O)ccc13)C2. The van der Waals surface area contributed by atoms with Crippen molar-refractivity contribution in [1.29, 1.82) is 0 Å². The van der Waals surface area contributed by atoms with Crippen molar-refractivity contribution in [3.05, 3.63) is 79.8 Å². The first-order valence-corrected chi connectivity index (χ1v) is 10.6. The van der Waals surface area contributed by atoms with Crippen LogP contribution in [-0.4, -0.2) is 27.8 Å². The largest absolute Gasteiger partial charge is 0.634 e. The standard InChI is InChI=1S/C24H28N2O4/c1-3-14-9-16-11-18(12-17(16)10-15(14)4-2)26(30)13-22(28)19-5-7-21(27)24-20(19)6-8-23(29)25-24/h5-10,18,22,26-28H,3-4,11-13H2,1-2H3,(H,25,29)/t22-/m0/s1. The Morgan fingerprint density at radius 1 is 1.10 bits per heavy atom. The van der Waals surface area contributed by atoms with E-state index in [1.54, 1.807) is 12.1 Å². The van der Waals surface area contributed by atoms with Crippen LogP contribution < -0.4 is 10.6 Å². The Morgan fingerprint density at radius 2 is 1.73 bits per heavy atom. The van der Waals surface area contributed by atoms with E-state index in [-0.39, 0.29) is 34.5 Å². The number of H-pyrrole nitrogens is 1. The molecule has 1 aromatic heterocycles. The van der Waals surface area contributed by atoms with E-state index in [2.05, 4.69) is 31.0 Å². The monoisotopic (exact) mass is 408 g/mol. The maximum atomic E-state index is 13.0. The number of benzene rings is 2. The Morgan fingerprint density at radius 3 is 2.33 bits per heavy atom. The minimum absolute atomic E-state index is 0.0128. The number of phenolic OH excluding ortho intramolecular Hbond substituents is 1. The molecule has 4 N–H and O–H groups in total. The highest BCUT2D eigenvalue weighted by Crippen LogP contribution is 2.29. The molecule has 2 atom stereocenters. The van der Waals surface area contributed by atoms with Gasteiger partial charge in [0.25, 0.3) is 0 Å². The highest BCUT2D eigenvalue weighted by molar-refractivity contribution is 5.87. The molecule has 1 unspecified atom stereocenters. The van der Waals surface area contributed by atoms with Crippen molar-refractivity contribution in [1.82, 2.24) is 4.98 Å². The molecule has 0 radical (unpaired) electrons. The van der Waals surface area contributed by atoms with Gasteiger partial charge in [-0.1, -0.05) is 32.0 Å². The summed E-state index contributed by atoms with van der Waals surface area (Å²) in [6, 6.07) is 10.4. The summed E-state index contributed by atoms with van der Waals surface area (Å²) >= 11 is 0. The number of pyridine rings is 1. The van der Waals surface area contributed by atoms with E-state index >= 15 is 0 Å². The Balaban J connectivity index is 1.53. The van der Waals surface area contributed by atoms with E-state index in [0.717, 1.165) is 25.7 Å². The quantitative estimate of drug-likeness (QED) is 0.468. The summed E-state index contributed by atoms with van der Waals surface area (Å²) in [5.41, 5.74) is 5.70. The minimum atomic E-state index is -0.993. The number of fused-ring (bicyclic) bond motifs is 2. The van der Waals surface area contributed by atoms with Crippen LogP contribution in [-0.2, 0) is 25.7 Å². The third kappa shape index (κ3) is 3.74. The van der Waals surface area contributed by atoms with Gasteiger partial charge in [0.1, 0.15) is 18.4 Å². The lowest BCUT2D eigenvalue weighted by Crippen LogP contribution is -3.12. The lowest BCUT2D eigenvalue weighted by Gasteiger charge is -2.31. The van der Waals surface area contributed by atoms with Crippen molar-refractivity contribution in [2.24, 2.45) is 0 Å². The average molecular weight is 408 g/mol. The second-order valence-corrected chi connectivity index (χ2v) is 8.17. The van der Waals surface area contributed by atoms with Gasteiger partial charge in [-0.05, 0) is 52.8 Å². The third-order valence-corrected chi connectivity index (χ3v) is 6.33. The first-order valence-electron chi connectivity index (χ1n) is 10.6. The molecular weight excluding hydrogens is 380 g/mol.